The lowest BCUT2D eigenvalue weighted by molar-refractivity contribution is 0.103. The van der Waals surface area contributed by atoms with E-state index in [0.717, 1.165) is 0 Å². The van der Waals surface area contributed by atoms with Crippen molar-refractivity contribution in [3.63, 3.8) is 0 Å². The lowest BCUT2D eigenvalue weighted by Gasteiger charge is -2.10. The van der Waals surface area contributed by atoms with E-state index in [1.54, 1.807) is 12.1 Å². The molecule has 0 bridgehead atoms. The van der Waals surface area contributed by atoms with E-state index in [0.29, 0.717) is 33.7 Å². The van der Waals surface area contributed by atoms with Gasteiger partial charge in [0.1, 0.15) is 12.0 Å². The highest BCUT2D eigenvalue weighted by Crippen LogP contribution is 2.32. The van der Waals surface area contributed by atoms with Gasteiger partial charge in [0.15, 0.2) is 11.5 Å². The van der Waals surface area contributed by atoms with Crippen molar-refractivity contribution in [3.05, 3.63) is 54.0 Å². The largest absolute Gasteiger partial charge is 0.493 e. The van der Waals surface area contributed by atoms with Gasteiger partial charge in [0.2, 0.25) is 5.78 Å². The molecule has 1 heterocycles. The highest BCUT2D eigenvalue weighted by atomic mass is 16.5. The number of carboxylic acid groups (broad SMARTS) is 1. The van der Waals surface area contributed by atoms with E-state index in [4.69, 9.17) is 14.6 Å². The van der Waals surface area contributed by atoms with Crippen LogP contribution in [0, 0.1) is 0 Å². The van der Waals surface area contributed by atoms with Crippen molar-refractivity contribution in [2.75, 3.05) is 19.5 Å². The monoisotopic (exact) mass is 353 g/mol. The van der Waals surface area contributed by atoms with Crippen LogP contribution >= 0.6 is 0 Å². The number of aromatic nitrogens is 2. The molecule has 2 N–H and O–H groups in total. The summed E-state index contributed by atoms with van der Waals surface area (Å²) in [6.45, 7) is 0. The van der Waals surface area contributed by atoms with Gasteiger partial charge in [-0.2, -0.15) is 0 Å². The number of hydrogen-bond donors (Lipinski definition) is 2. The Balaban J connectivity index is 2.04. The summed E-state index contributed by atoms with van der Waals surface area (Å²) in [5, 5.41) is 11.5. The topological polar surface area (TPSA) is 111 Å². The Morgan fingerprint density at radius 3 is 2.27 bits per heavy atom. The molecule has 0 atom stereocenters. The predicted octanol–water partition coefficient (Wildman–Crippen LogP) is 2.97. The molecule has 2 aromatic carbocycles. The number of nitrogens with zero attached hydrogens (tertiary/aromatic N) is 2. The number of nitrogens with one attached hydrogen (secondary N) is 1. The summed E-state index contributed by atoms with van der Waals surface area (Å²) in [5.74, 6) is 0.651. The minimum absolute atomic E-state index is 0.217. The fourth-order valence-corrected chi connectivity index (χ4v) is 2.53. The van der Waals surface area contributed by atoms with E-state index in [9.17, 15) is 9.59 Å². The zero-order valence-electron chi connectivity index (χ0n) is 14.0. The second-order valence-corrected chi connectivity index (χ2v) is 5.28. The molecule has 0 saturated carbocycles. The molecule has 1 amide bonds. The molecule has 0 aliphatic rings. The normalized spacial score (nSPS) is 10.4. The number of rotatable bonds is 5. The number of carbonyl (C=O) groups is 2. The molecule has 0 unspecified atom stereocenters. The predicted molar refractivity (Wildman–Crippen MR) is 94.2 cm³/mol. The van der Waals surface area contributed by atoms with Crippen LogP contribution in [-0.4, -0.2) is 41.2 Å². The van der Waals surface area contributed by atoms with Crippen LogP contribution in [0.3, 0.4) is 0 Å². The highest BCUT2D eigenvalue weighted by molar-refractivity contribution is 6.14. The zero-order chi connectivity index (χ0) is 18.7. The van der Waals surface area contributed by atoms with Crippen LogP contribution < -0.4 is 14.8 Å². The Kier molecular flexibility index (Phi) is 4.66. The average molecular weight is 353 g/mol. The number of ketones is 1. The van der Waals surface area contributed by atoms with Gasteiger partial charge in [-0.15, -0.1) is 0 Å². The number of fused-ring (bicyclic) bond motifs is 1. The Morgan fingerprint density at radius 2 is 1.65 bits per heavy atom. The van der Waals surface area contributed by atoms with E-state index in [1.165, 1.54) is 44.8 Å². The summed E-state index contributed by atoms with van der Waals surface area (Å²) in [5.41, 5.74) is 1.50. The van der Waals surface area contributed by atoms with Crippen LogP contribution in [0.1, 0.15) is 16.1 Å². The molecule has 26 heavy (non-hydrogen) atoms. The summed E-state index contributed by atoms with van der Waals surface area (Å²) < 4.78 is 10.5. The third-order valence-corrected chi connectivity index (χ3v) is 3.75. The molecular formula is C18H15N3O5. The SMILES string of the molecule is COc1cc2ncnc(C(=O)c3ccc(NC(=O)O)cc3)c2cc1OC. The van der Waals surface area contributed by atoms with Crippen molar-refractivity contribution >= 4 is 28.5 Å². The molecule has 0 radical (unpaired) electrons. The van der Waals surface area contributed by atoms with Crippen molar-refractivity contribution in [2.24, 2.45) is 0 Å². The fraction of sp³-hybridized carbons (Fsp3) is 0.111. The first-order chi connectivity index (χ1) is 12.5. The quantitative estimate of drug-likeness (QED) is 0.678. The zero-order valence-corrected chi connectivity index (χ0v) is 14.0. The highest BCUT2D eigenvalue weighted by Gasteiger charge is 2.17. The van der Waals surface area contributed by atoms with Gasteiger partial charge < -0.3 is 14.6 Å². The van der Waals surface area contributed by atoms with Gasteiger partial charge in [0, 0.05) is 22.7 Å². The summed E-state index contributed by atoms with van der Waals surface area (Å²) in [6.07, 6.45) is 0.133. The first kappa shape index (κ1) is 17.2. The van der Waals surface area contributed by atoms with Crippen LogP contribution in [0.4, 0.5) is 10.5 Å². The Labute approximate surface area is 148 Å². The summed E-state index contributed by atoms with van der Waals surface area (Å²) in [4.78, 5) is 31.8. The van der Waals surface area contributed by atoms with E-state index in [-0.39, 0.29) is 11.5 Å². The molecule has 3 aromatic rings. The maximum absolute atomic E-state index is 12.8. The van der Waals surface area contributed by atoms with Crippen LogP contribution in [0.15, 0.2) is 42.7 Å². The molecule has 0 spiro atoms. The Hall–Kier alpha value is -3.68. The number of ether oxygens (including phenoxy) is 2. The standard InChI is InChI=1S/C18H15N3O5/c1-25-14-7-12-13(8-15(14)26-2)19-9-20-16(12)17(22)10-3-5-11(6-4-10)21-18(23)24/h3-9,21H,1-2H3,(H,23,24). The number of benzene rings is 2. The molecule has 0 fully saturated rings. The molecule has 8 heteroatoms. The number of carbonyl (C=O) groups excluding carboxylic acids is 1. The minimum Gasteiger partial charge on any atom is -0.493 e. The number of amides is 1. The smallest absolute Gasteiger partial charge is 0.409 e. The second kappa shape index (κ2) is 7.06. The van der Waals surface area contributed by atoms with Crippen molar-refractivity contribution in [1.29, 1.82) is 0 Å². The third kappa shape index (κ3) is 3.25. The Bertz CT molecular complexity index is 986. The van der Waals surface area contributed by atoms with E-state index in [2.05, 4.69) is 15.3 Å². The van der Waals surface area contributed by atoms with E-state index in [1.807, 2.05) is 0 Å². The summed E-state index contributed by atoms with van der Waals surface area (Å²) in [7, 11) is 3.02. The van der Waals surface area contributed by atoms with Gasteiger partial charge in [-0.05, 0) is 30.3 Å². The van der Waals surface area contributed by atoms with Gasteiger partial charge in [-0.25, -0.2) is 14.8 Å². The van der Waals surface area contributed by atoms with Crippen molar-refractivity contribution in [3.8, 4) is 11.5 Å². The minimum atomic E-state index is -1.17. The van der Waals surface area contributed by atoms with Gasteiger partial charge in [-0.1, -0.05) is 0 Å². The van der Waals surface area contributed by atoms with Gasteiger partial charge >= 0.3 is 6.09 Å². The molecule has 1 aromatic heterocycles. The first-order valence-corrected chi connectivity index (χ1v) is 7.55. The first-order valence-electron chi connectivity index (χ1n) is 7.55. The number of methoxy groups -OCH3 is 2. The van der Waals surface area contributed by atoms with Gasteiger partial charge in [0.05, 0.1) is 19.7 Å². The molecule has 0 aliphatic carbocycles. The van der Waals surface area contributed by atoms with E-state index >= 15 is 0 Å². The fourth-order valence-electron chi connectivity index (χ4n) is 2.53. The van der Waals surface area contributed by atoms with Crippen molar-refractivity contribution in [2.45, 2.75) is 0 Å². The molecule has 3 rings (SSSR count). The molecule has 132 valence electrons. The average Bonchev–Trinajstić information content (AvgIpc) is 2.65. The summed E-state index contributed by atoms with van der Waals surface area (Å²) >= 11 is 0. The maximum Gasteiger partial charge on any atom is 0.409 e. The van der Waals surface area contributed by atoms with Crippen LogP contribution in [0.2, 0.25) is 0 Å². The van der Waals surface area contributed by atoms with Crippen LogP contribution in [-0.2, 0) is 0 Å². The third-order valence-electron chi connectivity index (χ3n) is 3.75. The van der Waals surface area contributed by atoms with Crippen molar-refractivity contribution in [1.82, 2.24) is 9.97 Å². The second-order valence-electron chi connectivity index (χ2n) is 5.28. The lowest BCUT2D eigenvalue weighted by atomic mass is 10.0. The molecule has 8 nitrogen and oxygen atoms in total. The lowest BCUT2D eigenvalue weighted by Crippen LogP contribution is -2.09. The molecule has 0 saturated heterocycles. The van der Waals surface area contributed by atoms with Gasteiger partial charge in [0.25, 0.3) is 0 Å². The van der Waals surface area contributed by atoms with Crippen molar-refractivity contribution < 1.29 is 24.2 Å². The number of anilines is 1. The van der Waals surface area contributed by atoms with Crippen LogP contribution in [0.5, 0.6) is 11.5 Å². The van der Waals surface area contributed by atoms with Crippen LogP contribution in [0.25, 0.3) is 10.9 Å². The summed E-state index contributed by atoms with van der Waals surface area (Å²) in [6, 6.07) is 9.40. The molecular weight excluding hydrogens is 338 g/mol. The molecule has 0 aliphatic heterocycles. The van der Waals surface area contributed by atoms with Gasteiger partial charge in [-0.3, -0.25) is 10.1 Å². The Morgan fingerprint density at radius 1 is 1.00 bits per heavy atom. The number of hydrogen-bond acceptors (Lipinski definition) is 6. The van der Waals surface area contributed by atoms with E-state index < -0.39 is 6.09 Å². The maximum atomic E-state index is 12.8.